The quantitative estimate of drug-likeness (QED) is 0.466. The van der Waals surface area contributed by atoms with Crippen molar-refractivity contribution in [1.29, 1.82) is 0 Å². The lowest BCUT2D eigenvalue weighted by Gasteiger charge is -1.99. The van der Waals surface area contributed by atoms with Gasteiger partial charge in [-0.2, -0.15) is 16.4 Å². The van der Waals surface area contributed by atoms with Gasteiger partial charge < -0.3 is 4.98 Å². The largest absolute Gasteiger partial charge is 0.321 e. The Hall–Kier alpha value is -3.98. The van der Waals surface area contributed by atoms with Crippen LogP contribution in [0.3, 0.4) is 0 Å². The molecular formula is C20H12N8S. The molecule has 6 rings (SSSR count). The van der Waals surface area contributed by atoms with E-state index in [-0.39, 0.29) is 0 Å². The Balaban J connectivity index is 1.53. The summed E-state index contributed by atoms with van der Waals surface area (Å²) < 4.78 is 0. The SMILES string of the molecule is c1cnc(-c2ccc3[nH]nc(-c4nc5c(-c6ccsc6)ccnc5[nH]4)c3n2)cn1. The molecule has 138 valence electrons. The number of hydrogen-bond acceptors (Lipinski definition) is 7. The Kier molecular flexibility index (Phi) is 3.47. The van der Waals surface area contributed by atoms with Crippen molar-refractivity contribution < 1.29 is 0 Å². The zero-order valence-electron chi connectivity index (χ0n) is 14.9. The summed E-state index contributed by atoms with van der Waals surface area (Å²) in [6, 6.07) is 7.87. The number of fused-ring (bicyclic) bond motifs is 2. The number of nitrogens with zero attached hydrogens (tertiary/aromatic N) is 6. The van der Waals surface area contributed by atoms with Crippen LogP contribution < -0.4 is 0 Å². The third-order valence-electron chi connectivity index (χ3n) is 4.67. The fourth-order valence-electron chi connectivity index (χ4n) is 3.31. The molecule has 0 fully saturated rings. The molecule has 8 nitrogen and oxygen atoms in total. The van der Waals surface area contributed by atoms with Crippen LogP contribution in [0.25, 0.3) is 56.2 Å². The summed E-state index contributed by atoms with van der Waals surface area (Å²) in [5, 5.41) is 11.6. The molecule has 29 heavy (non-hydrogen) atoms. The number of H-pyrrole nitrogens is 2. The maximum Gasteiger partial charge on any atom is 0.162 e. The van der Waals surface area contributed by atoms with Gasteiger partial charge in [0.05, 0.1) is 17.4 Å². The highest BCUT2D eigenvalue weighted by Gasteiger charge is 2.17. The van der Waals surface area contributed by atoms with Crippen molar-refractivity contribution in [1.82, 2.24) is 40.1 Å². The van der Waals surface area contributed by atoms with Gasteiger partial charge in [-0.15, -0.1) is 0 Å². The van der Waals surface area contributed by atoms with Gasteiger partial charge >= 0.3 is 0 Å². The Morgan fingerprint density at radius 3 is 2.72 bits per heavy atom. The summed E-state index contributed by atoms with van der Waals surface area (Å²) in [6.45, 7) is 0. The number of imidazole rings is 1. The summed E-state index contributed by atoms with van der Waals surface area (Å²) in [5.74, 6) is 0.616. The van der Waals surface area contributed by atoms with Crippen molar-refractivity contribution in [2.24, 2.45) is 0 Å². The molecule has 0 aliphatic heterocycles. The van der Waals surface area contributed by atoms with Gasteiger partial charge in [0.25, 0.3) is 0 Å². The molecule has 0 saturated heterocycles. The first-order valence-corrected chi connectivity index (χ1v) is 9.80. The molecule has 0 aliphatic rings. The minimum absolute atomic E-state index is 0.616. The molecule has 0 aliphatic carbocycles. The van der Waals surface area contributed by atoms with Crippen LogP contribution >= 0.6 is 11.3 Å². The predicted molar refractivity (Wildman–Crippen MR) is 111 cm³/mol. The van der Waals surface area contributed by atoms with E-state index < -0.39 is 0 Å². The van der Waals surface area contributed by atoms with Crippen LogP contribution in [-0.4, -0.2) is 40.1 Å². The number of pyridine rings is 2. The number of thiophene rings is 1. The van der Waals surface area contributed by atoms with Crippen LogP contribution in [0.1, 0.15) is 0 Å². The Labute approximate surface area is 167 Å². The minimum Gasteiger partial charge on any atom is -0.321 e. The Morgan fingerprint density at radius 2 is 1.86 bits per heavy atom. The molecule has 6 aromatic heterocycles. The average Bonchev–Trinajstić information content (AvgIpc) is 3.52. The van der Waals surface area contributed by atoms with Gasteiger partial charge in [0.2, 0.25) is 0 Å². The second-order valence-corrected chi connectivity index (χ2v) is 7.19. The van der Waals surface area contributed by atoms with Crippen molar-refractivity contribution in [3.05, 3.63) is 59.8 Å². The van der Waals surface area contributed by atoms with E-state index in [0.29, 0.717) is 28.4 Å². The second-order valence-electron chi connectivity index (χ2n) is 6.41. The van der Waals surface area contributed by atoms with Crippen LogP contribution in [-0.2, 0) is 0 Å². The summed E-state index contributed by atoms with van der Waals surface area (Å²) >= 11 is 1.65. The first-order chi connectivity index (χ1) is 14.4. The van der Waals surface area contributed by atoms with E-state index in [1.165, 1.54) is 0 Å². The van der Waals surface area contributed by atoms with Crippen molar-refractivity contribution in [3.63, 3.8) is 0 Å². The molecule has 0 radical (unpaired) electrons. The van der Waals surface area contributed by atoms with Gasteiger partial charge in [0, 0.05) is 24.2 Å². The van der Waals surface area contributed by atoms with E-state index in [4.69, 9.17) is 9.97 Å². The highest BCUT2D eigenvalue weighted by Crippen LogP contribution is 2.31. The summed E-state index contributed by atoms with van der Waals surface area (Å²) in [7, 11) is 0. The molecule has 0 saturated carbocycles. The highest BCUT2D eigenvalue weighted by atomic mass is 32.1. The molecule has 9 heteroatoms. The van der Waals surface area contributed by atoms with Gasteiger partial charge in [-0.1, -0.05) is 0 Å². The van der Waals surface area contributed by atoms with Crippen LogP contribution in [0.5, 0.6) is 0 Å². The molecular weight excluding hydrogens is 384 g/mol. The average molecular weight is 396 g/mol. The molecule has 0 bridgehead atoms. The zero-order valence-corrected chi connectivity index (χ0v) is 15.7. The van der Waals surface area contributed by atoms with Gasteiger partial charge in [0.15, 0.2) is 17.2 Å². The molecule has 0 spiro atoms. The first-order valence-electron chi connectivity index (χ1n) is 8.86. The molecule has 2 N–H and O–H groups in total. The zero-order chi connectivity index (χ0) is 19.2. The van der Waals surface area contributed by atoms with E-state index in [1.807, 2.05) is 23.6 Å². The third kappa shape index (κ3) is 2.59. The van der Waals surface area contributed by atoms with Crippen LogP contribution in [0.4, 0.5) is 0 Å². The fourth-order valence-corrected chi connectivity index (χ4v) is 3.97. The van der Waals surface area contributed by atoms with Gasteiger partial charge in [-0.05, 0) is 40.6 Å². The summed E-state index contributed by atoms with van der Waals surface area (Å²) in [6.07, 6.45) is 6.75. The molecule has 0 unspecified atom stereocenters. The van der Waals surface area contributed by atoms with E-state index >= 15 is 0 Å². The van der Waals surface area contributed by atoms with Gasteiger partial charge in [0.1, 0.15) is 16.7 Å². The molecule has 0 aromatic carbocycles. The van der Waals surface area contributed by atoms with Crippen molar-refractivity contribution in [3.8, 4) is 34.0 Å². The molecule has 0 amide bonds. The van der Waals surface area contributed by atoms with Crippen LogP contribution in [0.2, 0.25) is 0 Å². The highest BCUT2D eigenvalue weighted by molar-refractivity contribution is 7.08. The van der Waals surface area contributed by atoms with Crippen LogP contribution in [0, 0.1) is 0 Å². The standard InChI is InChI=1S/C20H12N8S/c1-2-14-17(24-13(1)15-9-21-6-7-22-15)18(28-27-14)20-25-16-12(11-4-8-29-10-11)3-5-23-19(16)26-20/h1-10H,(H,27,28)(H,23,25,26). The van der Waals surface area contributed by atoms with Gasteiger partial charge in [-0.3, -0.25) is 15.1 Å². The smallest absolute Gasteiger partial charge is 0.162 e. The number of aromatic amines is 2. The first kappa shape index (κ1) is 16.0. The maximum atomic E-state index is 4.80. The molecule has 6 aromatic rings. The lowest BCUT2D eigenvalue weighted by atomic mass is 10.1. The molecule has 0 atom stereocenters. The Morgan fingerprint density at radius 1 is 0.862 bits per heavy atom. The maximum absolute atomic E-state index is 4.80. The summed E-state index contributed by atoms with van der Waals surface area (Å²) in [4.78, 5) is 25.7. The summed E-state index contributed by atoms with van der Waals surface area (Å²) in [5.41, 5.74) is 7.27. The fraction of sp³-hybridized carbons (Fsp3) is 0. The van der Waals surface area contributed by atoms with E-state index in [2.05, 4.69) is 41.6 Å². The van der Waals surface area contributed by atoms with Gasteiger partial charge in [-0.25, -0.2) is 15.0 Å². The van der Waals surface area contributed by atoms with Crippen molar-refractivity contribution >= 4 is 33.5 Å². The normalized spacial score (nSPS) is 11.4. The van der Waals surface area contributed by atoms with E-state index in [9.17, 15) is 0 Å². The minimum atomic E-state index is 0.616. The van der Waals surface area contributed by atoms with Crippen molar-refractivity contribution in [2.75, 3.05) is 0 Å². The van der Waals surface area contributed by atoms with E-state index in [0.717, 1.165) is 27.9 Å². The lowest BCUT2D eigenvalue weighted by molar-refractivity contribution is 1.10. The monoisotopic (exact) mass is 396 g/mol. The second kappa shape index (κ2) is 6.28. The number of rotatable bonds is 3. The number of hydrogen-bond donors (Lipinski definition) is 2. The van der Waals surface area contributed by atoms with Crippen molar-refractivity contribution in [2.45, 2.75) is 0 Å². The van der Waals surface area contributed by atoms with E-state index in [1.54, 1.807) is 36.1 Å². The predicted octanol–water partition coefficient (Wildman–Crippen LogP) is 4.08. The molecule has 6 heterocycles. The topological polar surface area (TPSA) is 109 Å². The number of nitrogens with one attached hydrogen (secondary N) is 2. The third-order valence-corrected chi connectivity index (χ3v) is 5.36. The number of aromatic nitrogens is 8. The lowest BCUT2D eigenvalue weighted by Crippen LogP contribution is -1.89. The van der Waals surface area contributed by atoms with Crippen LogP contribution in [0.15, 0.2) is 59.8 Å². The Bertz CT molecular complexity index is 1450.